The molecular formula is C12H17N3. The first-order valence-corrected chi connectivity index (χ1v) is 5.52. The van der Waals surface area contributed by atoms with Crippen LogP contribution in [0.15, 0.2) is 18.6 Å². The summed E-state index contributed by atoms with van der Waals surface area (Å²) in [4.78, 5) is 8.56. The Kier molecular flexibility index (Phi) is 2.71. The lowest BCUT2D eigenvalue weighted by Crippen LogP contribution is -2.04. The molecule has 2 aromatic heterocycles. The molecule has 3 nitrogen and oxygen atoms in total. The average molecular weight is 203 g/mol. The molecule has 0 fully saturated rings. The number of hydrogen-bond acceptors (Lipinski definition) is 2. The van der Waals surface area contributed by atoms with Crippen LogP contribution >= 0.6 is 0 Å². The summed E-state index contributed by atoms with van der Waals surface area (Å²) in [6, 6.07) is 2.62. The minimum atomic E-state index is 0.516. The van der Waals surface area contributed by atoms with Gasteiger partial charge in [-0.25, -0.2) is 9.97 Å². The zero-order chi connectivity index (χ0) is 10.8. The minimum absolute atomic E-state index is 0.516. The maximum Gasteiger partial charge on any atom is 0.143 e. The molecule has 0 radical (unpaired) electrons. The van der Waals surface area contributed by atoms with Gasteiger partial charge in [0.15, 0.2) is 0 Å². The number of aryl methyl sites for hydroxylation is 1. The molecule has 0 aromatic carbocycles. The maximum absolute atomic E-state index is 4.36. The van der Waals surface area contributed by atoms with E-state index in [1.165, 1.54) is 18.2 Å². The Morgan fingerprint density at radius 1 is 1.40 bits per heavy atom. The van der Waals surface area contributed by atoms with Crippen molar-refractivity contribution in [2.45, 2.75) is 39.7 Å². The summed E-state index contributed by atoms with van der Waals surface area (Å²) < 4.78 is 2.24. The molecule has 0 aliphatic rings. The van der Waals surface area contributed by atoms with E-state index in [0.717, 1.165) is 11.3 Å². The Morgan fingerprint density at radius 2 is 2.20 bits per heavy atom. The molecule has 1 unspecified atom stereocenters. The van der Waals surface area contributed by atoms with Gasteiger partial charge >= 0.3 is 0 Å². The third kappa shape index (κ3) is 1.74. The zero-order valence-corrected chi connectivity index (χ0v) is 9.57. The van der Waals surface area contributed by atoms with Gasteiger partial charge in [0.25, 0.3) is 0 Å². The first kappa shape index (κ1) is 10.1. The van der Waals surface area contributed by atoms with Gasteiger partial charge in [-0.05, 0) is 26.3 Å². The SMILES string of the molecule is CCCC(C)n1ccc2c(C)ncnc21. The fourth-order valence-corrected chi connectivity index (χ4v) is 2.01. The molecule has 0 bridgehead atoms. The summed E-state index contributed by atoms with van der Waals surface area (Å²) in [6.07, 6.45) is 6.15. The number of fused-ring (bicyclic) bond motifs is 1. The highest BCUT2D eigenvalue weighted by Crippen LogP contribution is 2.21. The minimum Gasteiger partial charge on any atom is -0.330 e. The third-order valence-electron chi connectivity index (χ3n) is 2.89. The molecule has 0 N–H and O–H groups in total. The standard InChI is InChI=1S/C12H17N3/c1-4-5-9(2)15-7-6-11-10(3)13-8-14-12(11)15/h6-9H,4-5H2,1-3H3. The Hall–Kier alpha value is -1.38. The Bertz CT molecular complexity index is 459. The molecule has 2 aromatic rings. The average Bonchev–Trinajstić information content (AvgIpc) is 2.63. The van der Waals surface area contributed by atoms with Crippen LogP contribution < -0.4 is 0 Å². The largest absolute Gasteiger partial charge is 0.330 e. The van der Waals surface area contributed by atoms with Gasteiger partial charge in [-0.2, -0.15) is 0 Å². The molecule has 15 heavy (non-hydrogen) atoms. The van der Waals surface area contributed by atoms with Crippen LogP contribution in [-0.2, 0) is 0 Å². The first-order chi connectivity index (χ1) is 7.24. The van der Waals surface area contributed by atoms with Crippen molar-refractivity contribution < 1.29 is 0 Å². The second-order valence-electron chi connectivity index (χ2n) is 4.06. The number of nitrogens with zero attached hydrogens (tertiary/aromatic N) is 3. The highest BCUT2D eigenvalue weighted by molar-refractivity contribution is 5.78. The Balaban J connectivity index is 2.49. The molecule has 2 heterocycles. The van der Waals surface area contributed by atoms with E-state index in [2.05, 4.69) is 40.6 Å². The van der Waals surface area contributed by atoms with Crippen LogP contribution in [0.25, 0.3) is 11.0 Å². The van der Waals surface area contributed by atoms with Crippen LogP contribution in [0.1, 0.15) is 38.4 Å². The van der Waals surface area contributed by atoms with Crippen molar-refractivity contribution in [3.63, 3.8) is 0 Å². The molecule has 2 rings (SSSR count). The second kappa shape index (κ2) is 4.01. The van der Waals surface area contributed by atoms with Crippen LogP contribution in [0, 0.1) is 6.92 Å². The third-order valence-corrected chi connectivity index (χ3v) is 2.89. The molecule has 0 saturated heterocycles. The number of hydrogen-bond donors (Lipinski definition) is 0. The van der Waals surface area contributed by atoms with Gasteiger partial charge in [0.05, 0.1) is 5.69 Å². The van der Waals surface area contributed by atoms with Crippen LogP contribution in [0.2, 0.25) is 0 Å². The molecule has 0 aliphatic heterocycles. The van der Waals surface area contributed by atoms with Crippen molar-refractivity contribution in [2.24, 2.45) is 0 Å². The highest BCUT2D eigenvalue weighted by Gasteiger charge is 2.09. The summed E-state index contributed by atoms with van der Waals surface area (Å²) in [7, 11) is 0. The van der Waals surface area contributed by atoms with E-state index in [0.29, 0.717) is 6.04 Å². The maximum atomic E-state index is 4.36. The van der Waals surface area contributed by atoms with E-state index < -0.39 is 0 Å². The summed E-state index contributed by atoms with van der Waals surface area (Å²) in [6.45, 7) is 6.47. The molecule has 80 valence electrons. The van der Waals surface area contributed by atoms with Crippen LogP contribution in [0.3, 0.4) is 0 Å². The molecular weight excluding hydrogens is 186 g/mol. The summed E-state index contributed by atoms with van der Waals surface area (Å²) in [5, 5.41) is 1.17. The van der Waals surface area contributed by atoms with Crippen LogP contribution in [0.5, 0.6) is 0 Å². The van der Waals surface area contributed by atoms with Crippen molar-refractivity contribution in [3.05, 3.63) is 24.3 Å². The second-order valence-corrected chi connectivity index (χ2v) is 4.06. The van der Waals surface area contributed by atoms with Crippen molar-refractivity contribution in [1.82, 2.24) is 14.5 Å². The van der Waals surface area contributed by atoms with Crippen LogP contribution in [0.4, 0.5) is 0 Å². The summed E-state index contributed by atoms with van der Waals surface area (Å²) in [5.74, 6) is 0. The van der Waals surface area contributed by atoms with E-state index in [1.54, 1.807) is 6.33 Å². The molecule has 0 saturated carbocycles. The predicted octanol–water partition coefficient (Wildman–Crippen LogP) is 3.10. The lowest BCUT2D eigenvalue weighted by Gasteiger charge is -2.13. The van der Waals surface area contributed by atoms with Gasteiger partial charge in [0, 0.05) is 17.6 Å². The lowest BCUT2D eigenvalue weighted by molar-refractivity contribution is 0.512. The van der Waals surface area contributed by atoms with Crippen molar-refractivity contribution in [1.29, 1.82) is 0 Å². The lowest BCUT2D eigenvalue weighted by atomic mass is 10.2. The van der Waals surface area contributed by atoms with Gasteiger partial charge in [0.1, 0.15) is 12.0 Å². The smallest absolute Gasteiger partial charge is 0.143 e. The highest BCUT2D eigenvalue weighted by atomic mass is 15.1. The van der Waals surface area contributed by atoms with Gasteiger partial charge in [-0.3, -0.25) is 0 Å². The molecule has 0 spiro atoms. The molecule has 1 atom stereocenters. The molecule has 3 heteroatoms. The molecule has 0 amide bonds. The quantitative estimate of drug-likeness (QED) is 0.767. The molecule has 0 aliphatic carbocycles. The van der Waals surface area contributed by atoms with Gasteiger partial charge in [0.2, 0.25) is 0 Å². The summed E-state index contributed by atoms with van der Waals surface area (Å²) >= 11 is 0. The van der Waals surface area contributed by atoms with E-state index in [9.17, 15) is 0 Å². The van der Waals surface area contributed by atoms with Crippen molar-refractivity contribution >= 4 is 11.0 Å². The Morgan fingerprint density at radius 3 is 2.93 bits per heavy atom. The normalized spacial score (nSPS) is 13.3. The van der Waals surface area contributed by atoms with Gasteiger partial charge < -0.3 is 4.57 Å². The summed E-state index contributed by atoms with van der Waals surface area (Å²) in [5.41, 5.74) is 2.12. The number of aromatic nitrogens is 3. The van der Waals surface area contributed by atoms with Gasteiger partial charge in [-0.15, -0.1) is 0 Å². The van der Waals surface area contributed by atoms with E-state index in [-0.39, 0.29) is 0 Å². The topological polar surface area (TPSA) is 30.7 Å². The van der Waals surface area contributed by atoms with Crippen molar-refractivity contribution in [2.75, 3.05) is 0 Å². The van der Waals surface area contributed by atoms with Gasteiger partial charge in [-0.1, -0.05) is 13.3 Å². The Labute approximate surface area is 90.2 Å². The fourth-order valence-electron chi connectivity index (χ4n) is 2.01. The van der Waals surface area contributed by atoms with Crippen molar-refractivity contribution in [3.8, 4) is 0 Å². The van der Waals surface area contributed by atoms with E-state index in [1.807, 2.05) is 6.92 Å². The predicted molar refractivity (Wildman–Crippen MR) is 61.9 cm³/mol. The van der Waals surface area contributed by atoms with E-state index in [4.69, 9.17) is 0 Å². The number of rotatable bonds is 3. The first-order valence-electron chi connectivity index (χ1n) is 5.52. The monoisotopic (exact) mass is 203 g/mol. The zero-order valence-electron chi connectivity index (χ0n) is 9.57. The van der Waals surface area contributed by atoms with Crippen LogP contribution in [-0.4, -0.2) is 14.5 Å². The van der Waals surface area contributed by atoms with E-state index >= 15 is 0 Å². The fraction of sp³-hybridized carbons (Fsp3) is 0.500.